The fourth-order valence-corrected chi connectivity index (χ4v) is 3.16. The average Bonchev–Trinajstić information content (AvgIpc) is 2.85. The SMILES string of the molecule is CCn1ncnc1CN1CCCN(c2ccccc2C)CC1. The van der Waals surface area contributed by atoms with Crippen molar-refractivity contribution in [3.05, 3.63) is 42.0 Å². The minimum Gasteiger partial charge on any atom is -0.370 e. The second-order valence-corrected chi connectivity index (χ2v) is 5.90. The summed E-state index contributed by atoms with van der Waals surface area (Å²) in [5, 5.41) is 4.27. The van der Waals surface area contributed by atoms with Crippen molar-refractivity contribution in [1.82, 2.24) is 19.7 Å². The number of aryl methyl sites for hydroxylation is 2. The van der Waals surface area contributed by atoms with Crippen molar-refractivity contribution in [3.63, 3.8) is 0 Å². The summed E-state index contributed by atoms with van der Waals surface area (Å²) < 4.78 is 1.99. The third-order valence-corrected chi connectivity index (χ3v) is 4.40. The van der Waals surface area contributed by atoms with E-state index in [-0.39, 0.29) is 0 Å². The first-order valence-corrected chi connectivity index (χ1v) is 8.17. The lowest BCUT2D eigenvalue weighted by Crippen LogP contribution is -2.31. The minimum absolute atomic E-state index is 0.887. The van der Waals surface area contributed by atoms with E-state index in [1.807, 2.05) is 4.68 Å². The monoisotopic (exact) mass is 299 g/mol. The maximum Gasteiger partial charge on any atom is 0.140 e. The fourth-order valence-electron chi connectivity index (χ4n) is 3.16. The molecule has 0 atom stereocenters. The Balaban J connectivity index is 1.64. The van der Waals surface area contributed by atoms with Gasteiger partial charge < -0.3 is 4.90 Å². The molecule has 1 saturated heterocycles. The molecule has 2 aromatic rings. The molecule has 0 spiro atoms. The number of aromatic nitrogens is 3. The van der Waals surface area contributed by atoms with Crippen LogP contribution in [0.4, 0.5) is 5.69 Å². The molecule has 1 aromatic heterocycles. The molecule has 0 amide bonds. The van der Waals surface area contributed by atoms with Gasteiger partial charge in [-0.3, -0.25) is 4.90 Å². The number of hydrogen-bond donors (Lipinski definition) is 0. The van der Waals surface area contributed by atoms with Crippen LogP contribution in [0.15, 0.2) is 30.6 Å². The molecule has 0 N–H and O–H groups in total. The van der Waals surface area contributed by atoms with E-state index in [0.717, 1.165) is 45.1 Å². The number of anilines is 1. The Morgan fingerprint density at radius 2 is 1.95 bits per heavy atom. The highest BCUT2D eigenvalue weighted by Gasteiger charge is 2.17. The quantitative estimate of drug-likeness (QED) is 0.868. The van der Waals surface area contributed by atoms with Crippen molar-refractivity contribution in [2.45, 2.75) is 33.4 Å². The minimum atomic E-state index is 0.887. The van der Waals surface area contributed by atoms with Gasteiger partial charge in [-0.25, -0.2) is 9.67 Å². The van der Waals surface area contributed by atoms with Gasteiger partial charge in [0.2, 0.25) is 0 Å². The fraction of sp³-hybridized carbons (Fsp3) is 0.529. The van der Waals surface area contributed by atoms with Crippen LogP contribution >= 0.6 is 0 Å². The molecule has 3 rings (SSSR count). The van der Waals surface area contributed by atoms with E-state index in [1.54, 1.807) is 6.33 Å². The molecular formula is C17H25N5. The van der Waals surface area contributed by atoms with Crippen LogP contribution in [0.25, 0.3) is 0 Å². The van der Waals surface area contributed by atoms with Crippen LogP contribution in [0.1, 0.15) is 24.7 Å². The molecule has 5 heteroatoms. The number of rotatable bonds is 4. The zero-order valence-electron chi connectivity index (χ0n) is 13.6. The second-order valence-electron chi connectivity index (χ2n) is 5.90. The van der Waals surface area contributed by atoms with E-state index in [4.69, 9.17) is 0 Å². The zero-order chi connectivity index (χ0) is 15.4. The van der Waals surface area contributed by atoms with Crippen molar-refractivity contribution in [3.8, 4) is 0 Å². The van der Waals surface area contributed by atoms with Gasteiger partial charge in [-0.1, -0.05) is 18.2 Å². The normalized spacial score (nSPS) is 16.7. The number of nitrogens with zero attached hydrogens (tertiary/aromatic N) is 5. The highest BCUT2D eigenvalue weighted by atomic mass is 15.3. The Hall–Kier alpha value is -1.88. The van der Waals surface area contributed by atoms with E-state index >= 15 is 0 Å². The Morgan fingerprint density at radius 1 is 1.09 bits per heavy atom. The molecule has 1 aromatic carbocycles. The standard InChI is InChI=1S/C17H25N5/c1-3-22-17(18-14-19-22)13-20-9-6-10-21(12-11-20)16-8-5-4-7-15(16)2/h4-5,7-8,14H,3,6,9-13H2,1-2H3. The summed E-state index contributed by atoms with van der Waals surface area (Å²) in [5.74, 6) is 1.08. The largest absolute Gasteiger partial charge is 0.370 e. The molecule has 1 fully saturated rings. The number of para-hydroxylation sites is 1. The first-order chi connectivity index (χ1) is 10.8. The first kappa shape index (κ1) is 15.0. The highest BCUT2D eigenvalue weighted by Crippen LogP contribution is 2.21. The lowest BCUT2D eigenvalue weighted by molar-refractivity contribution is 0.272. The van der Waals surface area contributed by atoms with Crippen LogP contribution in [-0.4, -0.2) is 45.8 Å². The van der Waals surface area contributed by atoms with E-state index in [0.29, 0.717) is 0 Å². The predicted molar refractivity (Wildman–Crippen MR) is 89.0 cm³/mol. The molecule has 0 aliphatic carbocycles. The van der Waals surface area contributed by atoms with Crippen LogP contribution in [0.2, 0.25) is 0 Å². The van der Waals surface area contributed by atoms with Gasteiger partial charge in [0.05, 0.1) is 6.54 Å². The molecular weight excluding hydrogens is 274 g/mol. The molecule has 22 heavy (non-hydrogen) atoms. The Bertz CT molecular complexity index is 607. The summed E-state index contributed by atoms with van der Waals surface area (Å²) in [4.78, 5) is 9.41. The van der Waals surface area contributed by atoms with Crippen molar-refractivity contribution < 1.29 is 0 Å². The molecule has 0 radical (unpaired) electrons. The maximum absolute atomic E-state index is 4.40. The lowest BCUT2D eigenvalue weighted by atomic mass is 10.2. The van der Waals surface area contributed by atoms with Gasteiger partial charge in [0.25, 0.3) is 0 Å². The van der Waals surface area contributed by atoms with Crippen LogP contribution in [-0.2, 0) is 13.1 Å². The molecule has 5 nitrogen and oxygen atoms in total. The topological polar surface area (TPSA) is 37.2 Å². The van der Waals surface area contributed by atoms with Gasteiger partial charge >= 0.3 is 0 Å². The first-order valence-electron chi connectivity index (χ1n) is 8.17. The summed E-state index contributed by atoms with van der Waals surface area (Å²) in [7, 11) is 0. The summed E-state index contributed by atoms with van der Waals surface area (Å²) in [5.41, 5.74) is 2.74. The van der Waals surface area contributed by atoms with Crippen LogP contribution in [0.5, 0.6) is 0 Å². The van der Waals surface area contributed by atoms with E-state index in [2.05, 4.69) is 58.0 Å². The summed E-state index contributed by atoms with van der Waals surface area (Å²) in [6, 6.07) is 8.68. The van der Waals surface area contributed by atoms with Gasteiger partial charge in [-0.2, -0.15) is 5.10 Å². The zero-order valence-corrected chi connectivity index (χ0v) is 13.6. The van der Waals surface area contributed by atoms with Crippen LogP contribution in [0, 0.1) is 6.92 Å². The average molecular weight is 299 g/mol. The molecule has 0 saturated carbocycles. The highest BCUT2D eigenvalue weighted by molar-refractivity contribution is 5.53. The third kappa shape index (κ3) is 3.30. The summed E-state index contributed by atoms with van der Waals surface area (Å²) >= 11 is 0. The smallest absolute Gasteiger partial charge is 0.140 e. The van der Waals surface area contributed by atoms with Gasteiger partial charge in [-0.05, 0) is 31.9 Å². The molecule has 1 aliphatic rings. The van der Waals surface area contributed by atoms with Crippen molar-refractivity contribution in [1.29, 1.82) is 0 Å². The van der Waals surface area contributed by atoms with Crippen molar-refractivity contribution >= 4 is 5.69 Å². The lowest BCUT2D eigenvalue weighted by Gasteiger charge is -2.25. The number of hydrogen-bond acceptors (Lipinski definition) is 4. The molecule has 0 unspecified atom stereocenters. The molecule has 0 bridgehead atoms. The molecule has 2 heterocycles. The van der Waals surface area contributed by atoms with E-state index in [1.165, 1.54) is 17.7 Å². The molecule has 118 valence electrons. The number of benzene rings is 1. The van der Waals surface area contributed by atoms with Gasteiger partial charge in [0.15, 0.2) is 0 Å². The predicted octanol–water partition coefficient (Wildman–Crippen LogP) is 2.32. The summed E-state index contributed by atoms with van der Waals surface area (Å²) in [6.07, 6.45) is 2.85. The second kappa shape index (κ2) is 6.92. The van der Waals surface area contributed by atoms with Gasteiger partial charge in [0, 0.05) is 38.4 Å². The van der Waals surface area contributed by atoms with E-state index in [9.17, 15) is 0 Å². The Morgan fingerprint density at radius 3 is 2.77 bits per heavy atom. The Labute approximate surface area is 132 Å². The molecule has 1 aliphatic heterocycles. The Kier molecular flexibility index (Phi) is 4.73. The van der Waals surface area contributed by atoms with E-state index < -0.39 is 0 Å². The van der Waals surface area contributed by atoms with Crippen LogP contribution in [0.3, 0.4) is 0 Å². The maximum atomic E-state index is 4.40. The van der Waals surface area contributed by atoms with Gasteiger partial charge in [-0.15, -0.1) is 0 Å². The van der Waals surface area contributed by atoms with Crippen molar-refractivity contribution in [2.24, 2.45) is 0 Å². The van der Waals surface area contributed by atoms with Crippen molar-refractivity contribution in [2.75, 3.05) is 31.1 Å². The third-order valence-electron chi connectivity index (χ3n) is 4.40. The summed E-state index contributed by atoms with van der Waals surface area (Å²) in [6.45, 7) is 10.5. The van der Waals surface area contributed by atoms with Crippen LogP contribution < -0.4 is 4.90 Å². The van der Waals surface area contributed by atoms with Gasteiger partial charge in [0.1, 0.15) is 12.2 Å².